The summed E-state index contributed by atoms with van der Waals surface area (Å²) in [5.74, 6) is -0.882. The highest BCUT2D eigenvalue weighted by Crippen LogP contribution is 2.27. The lowest BCUT2D eigenvalue weighted by atomic mass is 10.0. The van der Waals surface area contributed by atoms with Gasteiger partial charge in [0.05, 0.1) is 17.2 Å². The number of hydrogen-bond donors (Lipinski definition) is 1. The van der Waals surface area contributed by atoms with Crippen molar-refractivity contribution < 1.29 is 27.1 Å². The maximum atomic E-state index is 14.6. The highest BCUT2D eigenvalue weighted by Gasteiger charge is 2.35. The molecule has 1 aliphatic rings. The number of sulfonamides is 1. The second-order valence-electron chi connectivity index (χ2n) is 11.6. The minimum Gasteiger partial charge on any atom is -0.494 e. The van der Waals surface area contributed by atoms with Crippen LogP contribution in [0.5, 0.6) is 5.75 Å². The lowest BCUT2D eigenvalue weighted by Crippen LogP contribution is -2.54. The second-order valence-corrected chi connectivity index (χ2v) is 13.5. The Morgan fingerprint density at radius 3 is 2.04 bits per heavy atom. The molecule has 246 valence electrons. The van der Waals surface area contributed by atoms with Gasteiger partial charge in [0.2, 0.25) is 11.8 Å². The van der Waals surface area contributed by atoms with Crippen LogP contribution in [0, 0.1) is 5.82 Å². The standard InChI is InChI=1S/C37H40FN3O5S/c1-2-46-33-21-19-32(20-22-33)41(47(44,45)34-23-17-30(38)18-24-34)27-36(42)40(26-29-13-7-4-8-14-29)35(25-28-11-5-3-6-12-28)37(43)39-31-15-9-10-16-31/h3-8,11-14,17-24,31,35H,2,9-10,15-16,25-27H2,1H3,(H,39,43)/t35-/m1/s1. The van der Waals surface area contributed by atoms with Crippen molar-refractivity contribution in [2.75, 3.05) is 17.5 Å². The normalized spacial score (nSPS) is 13.9. The Hall–Kier alpha value is -4.70. The smallest absolute Gasteiger partial charge is 0.264 e. The van der Waals surface area contributed by atoms with Crippen LogP contribution in [0.2, 0.25) is 0 Å². The number of nitrogens with one attached hydrogen (secondary N) is 1. The van der Waals surface area contributed by atoms with E-state index in [1.54, 1.807) is 24.3 Å². The number of rotatable bonds is 14. The fourth-order valence-electron chi connectivity index (χ4n) is 5.84. The van der Waals surface area contributed by atoms with E-state index in [0.29, 0.717) is 12.4 Å². The van der Waals surface area contributed by atoms with Crippen molar-refractivity contribution >= 4 is 27.5 Å². The van der Waals surface area contributed by atoms with E-state index in [1.165, 1.54) is 17.0 Å². The van der Waals surface area contributed by atoms with Crippen molar-refractivity contribution in [2.24, 2.45) is 0 Å². The second kappa shape index (κ2) is 15.7. The van der Waals surface area contributed by atoms with Crippen molar-refractivity contribution in [1.29, 1.82) is 0 Å². The predicted molar refractivity (Wildman–Crippen MR) is 180 cm³/mol. The van der Waals surface area contributed by atoms with Gasteiger partial charge in [0, 0.05) is 19.0 Å². The van der Waals surface area contributed by atoms with Gasteiger partial charge in [0.15, 0.2) is 0 Å². The maximum absolute atomic E-state index is 14.6. The summed E-state index contributed by atoms with van der Waals surface area (Å²) in [6, 6.07) is 28.8. The van der Waals surface area contributed by atoms with E-state index in [2.05, 4.69) is 5.32 Å². The number of halogens is 1. The number of nitrogens with zero attached hydrogens (tertiary/aromatic N) is 2. The van der Waals surface area contributed by atoms with Crippen molar-refractivity contribution in [3.05, 3.63) is 126 Å². The molecule has 1 atom stereocenters. The van der Waals surface area contributed by atoms with Gasteiger partial charge in [-0.3, -0.25) is 13.9 Å². The Morgan fingerprint density at radius 2 is 1.45 bits per heavy atom. The van der Waals surface area contributed by atoms with Gasteiger partial charge in [-0.05, 0) is 79.4 Å². The topological polar surface area (TPSA) is 96.0 Å². The molecule has 2 amide bonds. The molecule has 1 N–H and O–H groups in total. The Balaban J connectivity index is 1.55. The summed E-state index contributed by atoms with van der Waals surface area (Å²) in [6.45, 7) is 1.76. The number of carbonyl (C=O) groups is 2. The molecular weight excluding hydrogens is 617 g/mol. The Bertz CT molecular complexity index is 1710. The van der Waals surface area contributed by atoms with Gasteiger partial charge in [-0.2, -0.15) is 0 Å². The number of amides is 2. The summed E-state index contributed by atoms with van der Waals surface area (Å²) >= 11 is 0. The van der Waals surface area contributed by atoms with Crippen LogP contribution >= 0.6 is 0 Å². The highest BCUT2D eigenvalue weighted by atomic mass is 32.2. The van der Waals surface area contributed by atoms with E-state index in [0.717, 1.165) is 53.2 Å². The first-order chi connectivity index (χ1) is 22.7. The zero-order valence-corrected chi connectivity index (χ0v) is 27.2. The molecule has 1 saturated carbocycles. The summed E-state index contributed by atoms with van der Waals surface area (Å²) in [5, 5.41) is 3.17. The fraction of sp³-hybridized carbons (Fsp3) is 0.297. The SMILES string of the molecule is CCOc1ccc(N(CC(=O)N(Cc2ccccc2)[C@H](Cc2ccccc2)C(=O)NC2CCCC2)S(=O)(=O)c2ccc(F)cc2)cc1. The van der Waals surface area contributed by atoms with Gasteiger partial charge in [0.1, 0.15) is 24.2 Å². The van der Waals surface area contributed by atoms with Crippen LogP contribution in [0.4, 0.5) is 10.1 Å². The molecule has 0 radical (unpaired) electrons. The van der Waals surface area contributed by atoms with Crippen molar-refractivity contribution in [3.63, 3.8) is 0 Å². The molecule has 1 fully saturated rings. The molecule has 0 bridgehead atoms. The quantitative estimate of drug-likeness (QED) is 0.176. The average molecular weight is 658 g/mol. The van der Waals surface area contributed by atoms with Crippen LogP contribution in [0.3, 0.4) is 0 Å². The first-order valence-electron chi connectivity index (χ1n) is 15.9. The van der Waals surface area contributed by atoms with Crippen LogP contribution in [0.1, 0.15) is 43.7 Å². The predicted octanol–water partition coefficient (Wildman–Crippen LogP) is 6.12. The molecular formula is C37H40FN3O5S. The summed E-state index contributed by atoms with van der Waals surface area (Å²) in [5.41, 5.74) is 1.88. The van der Waals surface area contributed by atoms with E-state index in [4.69, 9.17) is 4.74 Å². The van der Waals surface area contributed by atoms with Gasteiger partial charge in [-0.1, -0.05) is 73.5 Å². The summed E-state index contributed by atoms with van der Waals surface area (Å²) in [6.07, 6.45) is 4.04. The fourth-order valence-corrected chi connectivity index (χ4v) is 7.25. The summed E-state index contributed by atoms with van der Waals surface area (Å²) in [4.78, 5) is 29.9. The average Bonchev–Trinajstić information content (AvgIpc) is 3.60. The summed E-state index contributed by atoms with van der Waals surface area (Å²) < 4.78 is 48.6. The Labute approximate surface area is 276 Å². The Kier molecular flexibility index (Phi) is 11.3. The zero-order valence-electron chi connectivity index (χ0n) is 26.4. The maximum Gasteiger partial charge on any atom is 0.264 e. The van der Waals surface area contributed by atoms with Gasteiger partial charge in [-0.25, -0.2) is 12.8 Å². The zero-order chi connectivity index (χ0) is 33.2. The molecule has 47 heavy (non-hydrogen) atoms. The van der Waals surface area contributed by atoms with Gasteiger partial charge >= 0.3 is 0 Å². The molecule has 4 aromatic rings. The molecule has 1 aliphatic carbocycles. The lowest BCUT2D eigenvalue weighted by molar-refractivity contribution is -0.140. The molecule has 0 unspecified atom stereocenters. The van der Waals surface area contributed by atoms with E-state index >= 15 is 0 Å². The van der Waals surface area contributed by atoms with Crippen LogP contribution in [-0.4, -0.2) is 50.4 Å². The molecule has 0 heterocycles. The number of hydrogen-bond acceptors (Lipinski definition) is 5. The highest BCUT2D eigenvalue weighted by molar-refractivity contribution is 7.92. The molecule has 4 aromatic carbocycles. The van der Waals surface area contributed by atoms with Crippen LogP contribution in [0.25, 0.3) is 0 Å². The van der Waals surface area contributed by atoms with E-state index in [9.17, 15) is 22.4 Å². The van der Waals surface area contributed by atoms with Crippen molar-refractivity contribution in [1.82, 2.24) is 10.2 Å². The third kappa shape index (κ3) is 8.77. The molecule has 5 rings (SSSR count). The first-order valence-corrected chi connectivity index (χ1v) is 17.4. The minimum atomic E-state index is -4.34. The summed E-state index contributed by atoms with van der Waals surface area (Å²) in [7, 11) is -4.34. The van der Waals surface area contributed by atoms with Crippen molar-refractivity contribution in [3.8, 4) is 5.75 Å². The van der Waals surface area contributed by atoms with E-state index < -0.39 is 34.3 Å². The van der Waals surface area contributed by atoms with Crippen LogP contribution in [0.15, 0.2) is 114 Å². The number of benzene rings is 4. The molecule has 8 nitrogen and oxygen atoms in total. The van der Waals surface area contributed by atoms with Crippen LogP contribution < -0.4 is 14.4 Å². The molecule has 0 aromatic heterocycles. The van der Waals surface area contributed by atoms with E-state index in [-0.39, 0.29) is 35.5 Å². The molecule has 0 aliphatic heterocycles. The minimum absolute atomic E-state index is 0.0219. The number of ether oxygens (including phenoxy) is 1. The first kappa shape index (κ1) is 33.7. The third-order valence-corrected chi connectivity index (χ3v) is 10.1. The van der Waals surface area contributed by atoms with Gasteiger partial charge < -0.3 is 15.0 Å². The molecule has 0 spiro atoms. The largest absolute Gasteiger partial charge is 0.494 e. The van der Waals surface area contributed by atoms with Crippen LogP contribution in [-0.2, 0) is 32.6 Å². The van der Waals surface area contributed by atoms with E-state index in [1.807, 2.05) is 67.6 Å². The molecule has 0 saturated heterocycles. The van der Waals surface area contributed by atoms with Crippen molar-refractivity contribution in [2.45, 2.75) is 62.6 Å². The number of anilines is 1. The number of carbonyl (C=O) groups excluding carboxylic acids is 2. The van der Waals surface area contributed by atoms with Gasteiger partial charge in [0.25, 0.3) is 10.0 Å². The lowest BCUT2D eigenvalue weighted by Gasteiger charge is -2.34. The molecule has 10 heteroatoms. The van der Waals surface area contributed by atoms with Gasteiger partial charge in [-0.15, -0.1) is 0 Å². The monoisotopic (exact) mass is 657 g/mol. The Morgan fingerprint density at radius 1 is 0.851 bits per heavy atom. The third-order valence-electron chi connectivity index (χ3n) is 8.28.